The zero-order valence-corrected chi connectivity index (χ0v) is 26.0. The Balaban J connectivity index is 1.22. The zero-order chi connectivity index (χ0) is 31.6. The molecule has 0 aromatic heterocycles. The van der Waals surface area contributed by atoms with E-state index in [1.807, 2.05) is 24.3 Å². The lowest BCUT2D eigenvalue weighted by Gasteiger charge is -2.29. The highest BCUT2D eigenvalue weighted by Gasteiger charge is 2.33. The summed E-state index contributed by atoms with van der Waals surface area (Å²) in [7, 11) is -2.10. The van der Waals surface area contributed by atoms with Gasteiger partial charge in [-0.25, -0.2) is 8.42 Å². The number of imide groups is 1. The fourth-order valence-electron chi connectivity index (χ4n) is 6.14. The number of hydrogen-bond donors (Lipinski definition) is 0. The molecule has 9 nitrogen and oxygen atoms in total. The highest BCUT2D eigenvalue weighted by atomic mass is 32.2. The van der Waals surface area contributed by atoms with Crippen LogP contribution in [-0.4, -0.2) is 68.6 Å². The van der Waals surface area contributed by atoms with Gasteiger partial charge in [0.25, 0.3) is 17.7 Å². The van der Waals surface area contributed by atoms with Crippen LogP contribution in [0.3, 0.4) is 0 Å². The summed E-state index contributed by atoms with van der Waals surface area (Å²) in [6.45, 7) is 1.32. The molecule has 3 amide bonds. The van der Waals surface area contributed by atoms with Gasteiger partial charge in [-0.3, -0.25) is 19.3 Å². The first-order chi connectivity index (χ1) is 21.8. The predicted octanol–water partition coefficient (Wildman–Crippen LogP) is 5.75. The number of hydrogen-bond acceptors (Lipinski definition) is 6. The van der Waals surface area contributed by atoms with Crippen LogP contribution in [0, 0.1) is 0 Å². The van der Waals surface area contributed by atoms with E-state index in [1.54, 1.807) is 60.5 Å². The summed E-state index contributed by atoms with van der Waals surface area (Å²) in [6, 6.07) is 23.9. The van der Waals surface area contributed by atoms with Gasteiger partial charge in [0.1, 0.15) is 5.75 Å². The summed E-state index contributed by atoms with van der Waals surface area (Å²) in [4.78, 5) is 43.7. The maximum absolute atomic E-state index is 13.9. The maximum Gasteiger partial charge on any atom is 0.261 e. The molecule has 6 rings (SSSR count). The number of amides is 3. The summed E-state index contributed by atoms with van der Waals surface area (Å²) >= 11 is 0. The van der Waals surface area contributed by atoms with Crippen LogP contribution in [0.2, 0.25) is 0 Å². The summed E-state index contributed by atoms with van der Waals surface area (Å²) in [6.07, 6.45) is 4.04. The van der Waals surface area contributed by atoms with Crippen molar-refractivity contribution in [3.8, 4) is 5.75 Å². The van der Waals surface area contributed by atoms with Crippen LogP contribution in [0.4, 0.5) is 5.69 Å². The largest absolute Gasteiger partial charge is 0.497 e. The molecule has 0 N–H and O–H groups in total. The first-order valence-corrected chi connectivity index (χ1v) is 16.7. The molecular weight excluding hydrogens is 590 g/mol. The van der Waals surface area contributed by atoms with E-state index in [4.69, 9.17) is 4.74 Å². The average Bonchev–Trinajstić information content (AvgIpc) is 3.37. The van der Waals surface area contributed by atoms with Crippen LogP contribution < -0.4 is 9.64 Å². The Morgan fingerprint density at radius 2 is 1.40 bits per heavy atom. The smallest absolute Gasteiger partial charge is 0.261 e. The summed E-state index contributed by atoms with van der Waals surface area (Å²) < 4.78 is 33.4. The molecule has 0 radical (unpaired) electrons. The first kappa shape index (κ1) is 30.5. The van der Waals surface area contributed by atoms with Gasteiger partial charge < -0.3 is 9.64 Å². The Morgan fingerprint density at radius 3 is 1.98 bits per heavy atom. The minimum atomic E-state index is -3.66. The Morgan fingerprint density at radius 1 is 0.800 bits per heavy atom. The molecule has 4 aromatic rings. The van der Waals surface area contributed by atoms with Crippen molar-refractivity contribution < 1.29 is 27.5 Å². The first-order valence-electron chi connectivity index (χ1n) is 15.2. The molecule has 0 atom stereocenters. The molecule has 232 valence electrons. The van der Waals surface area contributed by atoms with Crippen LogP contribution in [-0.2, 0) is 10.0 Å². The molecule has 4 aromatic carbocycles. The zero-order valence-electron chi connectivity index (χ0n) is 25.1. The lowest BCUT2D eigenvalue weighted by atomic mass is 9.94. The molecule has 1 saturated heterocycles. The van der Waals surface area contributed by atoms with Crippen LogP contribution in [0.5, 0.6) is 5.75 Å². The minimum absolute atomic E-state index is 0.120. The van der Waals surface area contributed by atoms with Crippen molar-refractivity contribution >= 4 is 44.2 Å². The molecule has 0 bridgehead atoms. The summed E-state index contributed by atoms with van der Waals surface area (Å²) in [5.74, 6) is -0.405. The van der Waals surface area contributed by atoms with Crippen LogP contribution in [0.15, 0.2) is 89.8 Å². The van der Waals surface area contributed by atoms with Crippen molar-refractivity contribution in [3.05, 3.63) is 102 Å². The van der Waals surface area contributed by atoms with Gasteiger partial charge in [-0.1, -0.05) is 37.1 Å². The van der Waals surface area contributed by atoms with Crippen molar-refractivity contribution in [2.75, 3.05) is 38.2 Å². The van der Waals surface area contributed by atoms with Gasteiger partial charge >= 0.3 is 0 Å². The third kappa shape index (κ3) is 5.95. The molecule has 2 heterocycles. The molecule has 1 fully saturated rings. The van der Waals surface area contributed by atoms with Crippen molar-refractivity contribution in [2.24, 2.45) is 0 Å². The van der Waals surface area contributed by atoms with Gasteiger partial charge in [-0.2, -0.15) is 4.31 Å². The second kappa shape index (κ2) is 12.8. The maximum atomic E-state index is 13.9. The quantitative estimate of drug-likeness (QED) is 0.220. The third-order valence-electron chi connectivity index (χ3n) is 8.55. The topological polar surface area (TPSA) is 104 Å². The van der Waals surface area contributed by atoms with Crippen molar-refractivity contribution in [1.82, 2.24) is 9.21 Å². The molecule has 0 aliphatic carbocycles. The molecule has 0 spiro atoms. The monoisotopic (exact) mass is 625 g/mol. The highest BCUT2D eigenvalue weighted by molar-refractivity contribution is 7.89. The molecule has 0 unspecified atom stereocenters. The van der Waals surface area contributed by atoms with Crippen molar-refractivity contribution in [3.63, 3.8) is 0 Å². The number of ether oxygens (including phenoxy) is 1. The van der Waals surface area contributed by atoms with Gasteiger partial charge in [0.05, 0.1) is 12.0 Å². The number of anilines is 1. The highest BCUT2D eigenvalue weighted by Crippen LogP contribution is 2.30. The number of nitrogens with zero attached hydrogens (tertiary/aromatic N) is 3. The third-order valence-corrected chi connectivity index (χ3v) is 10.5. The standard InChI is InChI=1S/C35H35N3O6S/c1-44-28-17-15-27(16-18-28)37(33(39)26-13-19-29(20-14-26)45(42,43)36-21-4-2-3-5-22-36)23-8-24-38-34(40)30-11-6-9-25-10-7-12-31(32(25)30)35(38)41/h6-7,9-20H,2-5,8,21-24H2,1H3. The average molecular weight is 626 g/mol. The number of sulfonamides is 1. The van der Waals surface area contributed by atoms with Gasteiger partial charge in [0.2, 0.25) is 10.0 Å². The molecule has 2 aliphatic heterocycles. The Kier molecular flexibility index (Phi) is 8.69. The van der Waals surface area contributed by atoms with Gasteiger partial charge in [0.15, 0.2) is 0 Å². The Hall–Kier alpha value is -4.54. The lowest BCUT2D eigenvalue weighted by molar-refractivity contribution is 0.0610. The van der Waals surface area contributed by atoms with E-state index in [0.717, 1.165) is 31.1 Å². The Labute approximate surface area is 263 Å². The number of rotatable bonds is 9. The van der Waals surface area contributed by atoms with Crippen LogP contribution in [0.1, 0.15) is 63.2 Å². The van der Waals surface area contributed by atoms with E-state index < -0.39 is 10.0 Å². The Bertz CT molecular complexity index is 1800. The van der Waals surface area contributed by atoms with E-state index in [0.29, 0.717) is 53.0 Å². The van der Waals surface area contributed by atoms with Crippen LogP contribution >= 0.6 is 0 Å². The molecule has 0 saturated carbocycles. The normalized spacial score (nSPS) is 15.6. The van der Waals surface area contributed by atoms with E-state index >= 15 is 0 Å². The second-order valence-electron chi connectivity index (χ2n) is 11.3. The molecular formula is C35H35N3O6S. The predicted molar refractivity (Wildman–Crippen MR) is 172 cm³/mol. The molecule has 2 aliphatic rings. The van der Waals surface area contributed by atoms with Crippen molar-refractivity contribution in [1.29, 1.82) is 0 Å². The minimum Gasteiger partial charge on any atom is -0.497 e. The number of benzene rings is 4. The summed E-state index contributed by atoms with van der Waals surface area (Å²) in [5, 5.41) is 1.51. The molecule has 10 heteroatoms. The number of carbonyl (C=O) groups is 3. The SMILES string of the molecule is COc1ccc(N(CCCN2C(=O)c3cccc4cccc(c34)C2=O)C(=O)c2ccc(S(=O)(=O)N3CCCCCC3)cc2)cc1. The number of methoxy groups -OCH3 is 1. The fourth-order valence-corrected chi connectivity index (χ4v) is 7.65. The van der Waals surface area contributed by atoms with Crippen LogP contribution in [0.25, 0.3) is 10.8 Å². The van der Waals surface area contributed by atoms with Gasteiger partial charge in [-0.05, 0) is 85.3 Å². The van der Waals surface area contributed by atoms with Crippen molar-refractivity contribution in [2.45, 2.75) is 37.0 Å². The van der Waals surface area contributed by atoms with Gasteiger partial charge in [-0.15, -0.1) is 0 Å². The van der Waals surface area contributed by atoms with E-state index in [2.05, 4.69) is 0 Å². The van der Waals surface area contributed by atoms with E-state index in [9.17, 15) is 22.8 Å². The van der Waals surface area contributed by atoms with E-state index in [-0.39, 0.29) is 35.7 Å². The molecule has 45 heavy (non-hydrogen) atoms. The lowest BCUT2D eigenvalue weighted by Crippen LogP contribution is -2.42. The second-order valence-corrected chi connectivity index (χ2v) is 13.3. The fraction of sp³-hybridized carbons (Fsp3) is 0.286. The van der Waals surface area contributed by atoms with Gasteiger partial charge in [0, 0.05) is 53.9 Å². The summed E-state index contributed by atoms with van der Waals surface area (Å²) in [5.41, 5.74) is 1.90. The van der Waals surface area contributed by atoms with E-state index in [1.165, 1.54) is 21.3 Å². The number of carbonyl (C=O) groups excluding carboxylic acids is 3.